The summed E-state index contributed by atoms with van der Waals surface area (Å²) in [6.07, 6.45) is 1.94. The second-order valence-electron chi connectivity index (χ2n) is 10.6. The van der Waals surface area contributed by atoms with Crippen LogP contribution in [0.1, 0.15) is 64.9 Å². The van der Waals surface area contributed by atoms with Crippen molar-refractivity contribution in [2.24, 2.45) is 10.8 Å². The number of carbonyl (C=O) groups is 3. The Morgan fingerprint density at radius 3 is 1.81 bits per heavy atom. The van der Waals surface area contributed by atoms with Gasteiger partial charge in [0.25, 0.3) is 0 Å². The molecule has 0 radical (unpaired) electrons. The normalized spacial score (nSPS) is 23.1. The first-order valence-electron chi connectivity index (χ1n) is 10.7. The first-order chi connectivity index (χ1) is 14.4. The molecule has 0 saturated heterocycles. The van der Waals surface area contributed by atoms with Crippen LogP contribution in [0.15, 0.2) is 46.8 Å². The van der Waals surface area contributed by atoms with Gasteiger partial charge in [-0.25, -0.2) is 0 Å². The number of hydrogen-bond acceptors (Lipinski definition) is 4. The third kappa shape index (κ3) is 3.96. The zero-order valence-corrected chi connectivity index (χ0v) is 19.2. The summed E-state index contributed by atoms with van der Waals surface area (Å²) in [6.45, 7) is 7.88. The molecule has 0 amide bonds. The second-order valence-corrected chi connectivity index (χ2v) is 11.0. The lowest BCUT2D eigenvalue weighted by atomic mass is 9.63. The van der Waals surface area contributed by atoms with E-state index in [-0.39, 0.29) is 28.9 Å². The van der Waals surface area contributed by atoms with E-state index in [0.717, 1.165) is 17.0 Å². The molecule has 0 fully saturated rings. The quantitative estimate of drug-likeness (QED) is 0.705. The van der Waals surface area contributed by atoms with Gasteiger partial charge in [-0.1, -0.05) is 51.4 Å². The van der Waals surface area contributed by atoms with Gasteiger partial charge in [0.1, 0.15) is 6.54 Å². The topological polar surface area (TPSA) is 74.7 Å². The fourth-order valence-electron chi connectivity index (χ4n) is 5.36. The number of aliphatic carboxylic acids is 1. The van der Waals surface area contributed by atoms with E-state index in [4.69, 9.17) is 11.6 Å². The summed E-state index contributed by atoms with van der Waals surface area (Å²) in [4.78, 5) is 40.5. The summed E-state index contributed by atoms with van der Waals surface area (Å²) in [7, 11) is 0. The van der Waals surface area contributed by atoms with E-state index < -0.39 is 11.9 Å². The van der Waals surface area contributed by atoms with Crippen LogP contribution in [0.2, 0.25) is 5.02 Å². The Morgan fingerprint density at radius 1 is 0.935 bits per heavy atom. The molecule has 0 saturated carbocycles. The summed E-state index contributed by atoms with van der Waals surface area (Å²) in [5.74, 6) is -1.47. The average molecular weight is 442 g/mol. The largest absolute Gasteiger partial charge is 0.480 e. The van der Waals surface area contributed by atoms with Gasteiger partial charge in [-0.3, -0.25) is 14.4 Å². The molecule has 1 heterocycles. The summed E-state index contributed by atoms with van der Waals surface area (Å²) >= 11 is 6.11. The monoisotopic (exact) mass is 441 g/mol. The van der Waals surface area contributed by atoms with E-state index in [0.29, 0.717) is 41.9 Å². The Morgan fingerprint density at radius 2 is 1.39 bits per heavy atom. The zero-order chi connectivity index (χ0) is 22.7. The SMILES string of the molecule is CC1(C)CC(=O)C2=C(C1)N(CC(=O)O)C1=C(C(=O)CC(C)(C)C1)C2c1ccc(Cl)cc1. The lowest BCUT2D eigenvalue weighted by Crippen LogP contribution is -2.45. The van der Waals surface area contributed by atoms with Crippen molar-refractivity contribution in [3.63, 3.8) is 0 Å². The van der Waals surface area contributed by atoms with E-state index in [1.165, 1.54) is 0 Å². The van der Waals surface area contributed by atoms with Crippen LogP contribution in [0.5, 0.6) is 0 Å². The summed E-state index contributed by atoms with van der Waals surface area (Å²) in [5.41, 5.74) is 2.97. The molecule has 0 spiro atoms. The van der Waals surface area contributed by atoms with E-state index in [9.17, 15) is 19.5 Å². The molecule has 5 nitrogen and oxygen atoms in total. The first-order valence-corrected chi connectivity index (χ1v) is 11.0. The Labute approximate surface area is 187 Å². The molecule has 0 bridgehead atoms. The minimum atomic E-state index is -0.977. The highest BCUT2D eigenvalue weighted by atomic mass is 35.5. The number of benzene rings is 1. The van der Waals surface area contributed by atoms with Gasteiger partial charge in [0.2, 0.25) is 0 Å². The number of halogens is 1. The van der Waals surface area contributed by atoms with Crippen LogP contribution in [0, 0.1) is 10.8 Å². The molecule has 0 aromatic heterocycles. The van der Waals surface area contributed by atoms with Gasteiger partial charge in [0.15, 0.2) is 11.6 Å². The number of nitrogens with zero attached hydrogens (tertiary/aromatic N) is 1. The molecule has 31 heavy (non-hydrogen) atoms. The lowest BCUT2D eigenvalue weighted by Gasteiger charge is -2.48. The van der Waals surface area contributed by atoms with Gasteiger partial charge in [-0.2, -0.15) is 0 Å². The number of Topliss-reactive ketones (excluding diaryl/α,β-unsaturated/α-hetero) is 2. The number of carbonyl (C=O) groups excluding carboxylic acids is 2. The predicted octanol–water partition coefficient (Wildman–Crippen LogP) is 5.11. The third-order valence-corrected chi connectivity index (χ3v) is 6.77. The van der Waals surface area contributed by atoms with Gasteiger partial charge >= 0.3 is 5.97 Å². The van der Waals surface area contributed by atoms with Crippen molar-refractivity contribution in [2.75, 3.05) is 6.54 Å². The van der Waals surface area contributed by atoms with Crippen molar-refractivity contribution in [1.29, 1.82) is 0 Å². The molecular formula is C25H28ClNO4. The van der Waals surface area contributed by atoms with Gasteiger partial charge < -0.3 is 10.0 Å². The van der Waals surface area contributed by atoms with E-state index in [1.54, 1.807) is 17.0 Å². The number of carboxylic acid groups (broad SMARTS) is 1. The summed E-state index contributed by atoms with van der Waals surface area (Å²) in [6, 6.07) is 7.29. The number of allylic oxidation sites excluding steroid dienone is 4. The molecule has 164 valence electrons. The smallest absolute Gasteiger partial charge is 0.323 e. The maximum Gasteiger partial charge on any atom is 0.323 e. The standard InChI is InChI=1S/C25H28ClNO4/c1-24(2)9-16-22(18(28)11-24)21(14-5-7-15(26)8-6-14)23-17(27(16)13-20(30)31)10-25(3,4)12-19(23)29/h5-8,21H,9-13H2,1-4H3,(H,30,31). The minimum absolute atomic E-state index is 0.00854. The van der Waals surface area contributed by atoms with Crippen LogP contribution in [0.3, 0.4) is 0 Å². The van der Waals surface area contributed by atoms with E-state index in [1.807, 2.05) is 39.8 Å². The van der Waals surface area contributed by atoms with Gasteiger partial charge in [0, 0.05) is 46.3 Å². The third-order valence-electron chi connectivity index (χ3n) is 6.52. The van der Waals surface area contributed by atoms with Crippen LogP contribution in [-0.2, 0) is 14.4 Å². The van der Waals surface area contributed by atoms with Crippen molar-refractivity contribution in [3.8, 4) is 0 Å². The van der Waals surface area contributed by atoms with Crippen molar-refractivity contribution in [3.05, 3.63) is 57.4 Å². The number of ketones is 2. The van der Waals surface area contributed by atoms with Crippen LogP contribution in [-0.4, -0.2) is 34.1 Å². The molecule has 6 heteroatoms. The average Bonchev–Trinajstić information content (AvgIpc) is 2.61. The fraction of sp³-hybridized carbons (Fsp3) is 0.480. The fourth-order valence-corrected chi connectivity index (χ4v) is 5.49. The number of rotatable bonds is 3. The summed E-state index contributed by atoms with van der Waals surface area (Å²) in [5, 5.41) is 10.3. The Balaban J connectivity index is 2.00. The molecule has 2 aliphatic carbocycles. The van der Waals surface area contributed by atoms with Crippen molar-refractivity contribution in [1.82, 2.24) is 4.90 Å². The van der Waals surface area contributed by atoms with Crippen LogP contribution >= 0.6 is 11.6 Å². The second kappa shape index (κ2) is 7.33. The van der Waals surface area contributed by atoms with Crippen molar-refractivity contribution >= 4 is 29.1 Å². The minimum Gasteiger partial charge on any atom is -0.480 e. The van der Waals surface area contributed by atoms with Crippen molar-refractivity contribution < 1.29 is 19.5 Å². The molecule has 1 aromatic rings. The van der Waals surface area contributed by atoms with Crippen LogP contribution < -0.4 is 0 Å². The Hall–Kier alpha value is -2.40. The molecule has 0 atom stereocenters. The Bertz CT molecular complexity index is 992. The van der Waals surface area contributed by atoms with Crippen LogP contribution in [0.25, 0.3) is 0 Å². The Kier molecular flexibility index (Phi) is 5.16. The molecule has 4 rings (SSSR count). The molecule has 1 N–H and O–H groups in total. The summed E-state index contributed by atoms with van der Waals surface area (Å²) < 4.78 is 0. The number of carboxylic acids is 1. The van der Waals surface area contributed by atoms with E-state index in [2.05, 4.69) is 0 Å². The van der Waals surface area contributed by atoms with Gasteiger partial charge in [-0.05, 0) is 41.4 Å². The molecule has 3 aliphatic rings. The van der Waals surface area contributed by atoms with Gasteiger partial charge in [0.05, 0.1) is 0 Å². The molecule has 1 aliphatic heterocycles. The molecular weight excluding hydrogens is 414 g/mol. The highest BCUT2D eigenvalue weighted by Crippen LogP contribution is 2.54. The highest BCUT2D eigenvalue weighted by molar-refractivity contribution is 6.30. The zero-order valence-electron chi connectivity index (χ0n) is 18.4. The predicted molar refractivity (Wildman–Crippen MR) is 119 cm³/mol. The lowest BCUT2D eigenvalue weighted by molar-refractivity contribution is -0.138. The van der Waals surface area contributed by atoms with E-state index >= 15 is 0 Å². The molecule has 0 unspecified atom stereocenters. The van der Waals surface area contributed by atoms with Crippen molar-refractivity contribution in [2.45, 2.75) is 59.3 Å². The maximum absolute atomic E-state index is 13.4. The highest BCUT2D eigenvalue weighted by Gasteiger charge is 2.49. The number of hydrogen-bond donors (Lipinski definition) is 1. The van der Waals surface area contributed by atoms with Crippen LogP contribution in [0.4, 0.5) is 0 Å². The maximum atomic E-state index is 13.4. The van der Waals surface area contributed by atoms with Gasteiger partial charge in [-0.15, -0.1) is 0 Å². The molecule has 1 aromatic carbocycles. The first kappa shape index (κ1) is 21.8.